The Labute approximate surface area is 224 Å². The number of nitrogens with zero attached hydrogens (tertiary/aromatic N) is 3. The first kappa shape index (κ1) is 32.4. The molecule has 36 heavy (non-hydrogen) atoms. The van der Waals surface area contributed by atoms with Gasteiger partial charge >= 0.3 is 0 Å². The van der Waals surface area contributed by atoms with Crippen molar-refractivity contribution in [2.45, 2.75) is 141 Å². The van der Waals surface area contributed by atoms with Crippen molar-refractivity contribution in [1.82, 2.24) is 15.0 Å². The Hall–Kier alpha value is -1.59. The average molecular weight is 505 g/mol. The lowest BCUT2D eigenvalue weighted by Crippen LogP contribution is -2.46. The second-order valence-corrected chi connectivity index (χ2v) is 16.1. The van der Waals surface area contributed by atoms with Crippen LogP contribution in [0.5, 0.6) is 0 Å². The minimum Gasteiger partial charge on any atom is -0.349 e. The van der Waals surface area contributed by atoms with Crippen molar-refractivity contribution in [3.8, 4) is 0 Å². The van der Waals surface area contributed by atoms with E-state index in [4.69, 9.17) is 15.0 Å². The normalized spacial score (nSPS) is 16.8. The van der Waals surface area contributed by atoms with Crippen LogP contribution in [0.2, 0.25) is 0 Å². The van der Waals surface area contributed by atoms with Gasteiger partial charge in [-0.25, -0.2) is 0 Å². The lowest BCUT2D eigenvalue weighted by Gasteiger charge is -2.42. The summed E-state index contributed by atoms with van der Waals surface area (Å²) >= 11 is 0. The van der Waals surface area contributed by atoms with Crippen molar-refractivity contribution in [2.75, 3.05) is 16.0 Å². The van der Waals surface area contributed by atoms with Crippen molar-refractivity contribution >= 4 is 17.8 Å². The first-order chi connectivity index (χ1) is 15.7. The minimum atomic E-state index is -0.212. The highest BCUT2D eigenvalue weighted by Gasteiger charge is 2.38. The Morgan fingerprint density at radius 3 is 0.694 bits per heavy atom. The molecule has 1 aromatic heterocycles. The summed E-state index contributed by atoms with van der Waals surface area (Å²) in [4.78, 5) is 14.6. The number of hydrogen-bond donors (Lipinski definition) is 3. The van der Waals surface area contributed by atoms with Crippen molar-refractivity contribution in [3.05, 3.63) is 0 Å². The predicted molar refractivity (Wildman–Crippen MR) is 159 cm³/mol. The fourth-order valence-electron chi connectivity index (χ4n) is 4.98. The summed E-state index contributed by atoms with van der Waals surface area (Å²) in [5.41, 5.74) is -0.219. The number of hydrogen-bond acceptors (Lipinski definition) is 6. The molecule has 0 aliphatic rings. The zero-order chi connectivity index (χ0) is 28.7. The van der Waals surface area contributed by atoms with E-state index in [1.807, 2.05) is 0 Å². The number of aromatic nitrogens is 3. The molecule has 0 bridgehead atoms. The standard InChI is InChI=1S/C30H60N6/c1-19(25(4,5)6)28(13,14)34-22-31-23(35-29(15,16)20(2)26(7,8)9)33-24(32-22)36-30(17,18)21(3)27(10,11)12/h19-21H,1-18H3,(H3,31,32,33,34,35,36). The molecule has 0 aromatic carbocycles. The average Bonchev–Trinajstić information content (AvgIpc) is 2.62. The molecule has 0 aliphatic carbocycles. The lowest BCUT2D eigenvalue weighted by molar-refractivity contribution is 0.182. The van der Waals surface area contributed by atoms with Gasteiger partial charge in [0.25, 0.3) is 0 Å². The molecule has 210 valence electrons. The number of rotatable bonds is 9. The van der Waals surface area contributed by atoms with Gasteiger partial charge in [0.1, 0.15) is 0 Å². The van der Waals surface area contributed by atoms with Crippen molar-refractivity contribution in [2.24, 2.45) is 34.0 Å². The van der Waals surface area contributed by atoms with Gasteiger partial charge in [-0.2, -0.15) is 15.0 Å². The van der Waals surface area contributed by atoms with Gasteiger partial charge in [0, 0.05) is 16.6 Å². The zero-order valence-electron chi connectivity index (χ0n) is 27.1. The molecule has 6 heteroatoms. The second-order valence-electron chi connectivity index (χ2n) is 16.1. The van der Waals surface area contributed by atoms with Gasteiger partial charge in [-0.15, -0.1) is 0 Å². The number of nitrogens with one attached hydrogen (secondary N) is 3. The van der Waals surface area contributed by atoms with Crippen LogP contribution >= 0.6 is 0 Å². The largest absolute Gasteiger partial charge is 0.349 e. The molecule has 0 spiro atoms. The Morgan fingerprint density at radius 2 is 0.556 bits per heavy atom. The molecule has 0 aliphatic heterocycles. The van der Waals surface area contributed by atoms with Gasteiger partial charge in [0.15, 0.2) is 0 Å². The van der Waals surface area contributed by atoms with Crippen molar-refractivity contribution in [3.63, 3.8) is 0 Å². The summed E-state index contributed by atoms with van der Waals surface area (Å²) < 4.78 is 0. The van der Waals surface area contributed by atoms with Crippen LogP contribution in [0.25, 0.3) is 0 Å². The van der Waals surface area contributed by atoms with Crippen LogP contribution in [0.15, 0.2) is 0 Å². The molecule has 0 saturated carbocycles. The highest BCUT2D eigenvalue weighted by Crippen LogP contribution is 2.39. The molecule has 0 saturated heterocycles. The summed E-state index contributed by atoms with van der Waals surface area (Å²) in [6.45, 7) is 40.7. The van der Waals surface area contributed by atoms with E-state index in [0.717, 1.165) is 0 Å². The number of anilines is 3. The fraction of sp³-hybridized carbons (Fsp3) is 0.900. The molecular formula is C30H60N6. The van der Waals surface area contributed by atoms with Crippen LogP contribution in [0.4, 0.5) is 17.8 Å². The molecule has 3 atom stereocenters. The minimum absolute atomic E-state index is 0.139. The van der Waals surface area contributed by atoms with E-state index in [2.05, 4.69) is 141 Å². The smallest absolute Gasteiger partial charge is 0.229 e. The first-order valence-electron chi connectivity index (χ1n) is 13.8. The molecule has 1 rings (SSSR count). The molecule has 1 aromatic rings. The summed E-state index contributed by atoms with van der Waals surface area (Å²) in [5, 5.41) is 11.0. The van der Waals surface area contributed by atoms with Crippen LogP contribution in [-0.2, 0) is 0 Å². The van der Waals surface area contributed by atoms with Crippen LogP contribution in [0, 0.1) is 34.0 Å². The monoisotopic (exact) mass is 504 g/mol. The van der Waals surface area contributed by atoms with Crippen LogP contribution in [-0.4, -0.2) is 31.6 Å². The van der Waals surface area contributed by atoms with Gasteiger partial charge in [0.05, 0.1) is 0 Å². The highest BCUT2D eigenvalue weighted by atomic mass is 15.3. The first-order valence-corrected chi connectivity index (χ1v) is 13.8. The maximum atomic E-state index is 4.87. The lowest BCUT2D eigenvalue weighted by atomic mass is 9.71. The quantitative estimate of drug-likeness (QED) is 0.313. The fourth-order valence-corrected chi connectivity index (χ4v) is 4.98. The van der Waals surface area contributed by atoms with E-state index in [9.17, 15) is 0 Å². The molecule has 3 N–H and O–H groups in total. The topological polar surface area (TPSA) is 74.8 Å². The van der Waals surface area contributed by atoms with Gasteiger partial charge in [-0.1, -0.05) is 83.1 Å². The van der Waals surface area contributed by atoms with Gasteiger partial charge in [-0.05, 0) is 75.5 Å². The van der Waals surface area contributed by atoms with E-state index in [1.54, 1.807) is 0 Å². The summed E-state index contributed by atoms with van der Waals surface area (Å²) in [6.07, 6.45) is 0. The van der Waals surface area contributed by atoms with Gasteiger partial charge < -0.3 is 16.0 Å². The van der Waals surface area contributed by atoms with Gasteiger partial charge in [-0.3, -0.25) is 0 Å². The van der Waals surface area contributed by atoms with Crippen molar-refractivity contribution in [1.29, 1.82) is 0 Å². The van der Waals surface area contributed by atoms with Crippen LogP contribution < -0.4 is 16.0 Å². The van der Waals surface area contributed by atoms with E-state index < -0.39 is 0 Å². The maximum Gasteiger partial charge on any atom is 0.229 e. The van der Waals surface area contributed by atoms with E-state index in [-0.39, 0.29) is 32.9 Å². The van der Waals surface area contributed by atoms with Gasteiger partial charge in [0.2, 0.25) is 17.8 Å². The zero-order valence-corrected chi connectivity index (χ0v) is 27.1. The van der Waals surface area contributed by atoms with E-state index in [0.29, 0.717) is 35.6 Å². The summed E-state index contributed by atoms with van der Waals surface area (Å²) in [6, 6.07) is 0. The Bertz CT molecular complexity index is 738. The molecule has 0 fully saturated rings. The van der Waals surface area contributed by atoms with Crippen LogP contribution in [0.1, 0.15) is 125 Å². The SMILES string of the molecule is CC(C(C)(C)C)C(C)(C)Nc1nc(NC(C)(C)C(C)C(C)(C)C)nc(NC(C)(C)C(C)C(C)(C)C)n1. The molecule has 0 radical (unpaired) electrons. The Balaban J connectivity index is 3.53. The summed E-state index contributed by atoms with van der Waals surface area (Å²) in [5.74, 6) is 2.91. The molecule has 3 unspecified atom stereocenters. The van der Waals surface area contributed by atoms with E-state index >= 15 is 0 Å². The predicted octanol–water partition coefficient (Wildman–Crippen LogP) is 8.49. The summed E-state index contributed by atoms with van der Waals surface area (Å²) in [7, 11) is 0. The highest BCUT2D eigenvalue weighted by molar-refractivity contribution is 5.46. The third-order valence-electron chi connectivity index (χ3n) is 9.08. The molecular weight excluding hydrogens is 444 g/mol. The molecule has 6 nitrogen and oxygen atoms in total. The molecule has 1 heterocycles. The second kappa shape index (κ2) is 10.3. The Kier molecular flexibility index (Phi) is 9.27. The van der Waals surface area contributed by atoms with E-state index in [1.165, 1.54) is 0 Å². The third-order valence-corrected chi connectivity index (χ3v) is 9.08. The van der Waals surface area contributed by atoms with Crippen LogP contribution in [0.3, 0.4) is 0 Å². The third kappa shape index (κ3) is 8.48. The Morgan fingerprint density at radius 1 is 0.389 bits per heavy atom. The maximum absolute atomic E-state index is 4.87. The molecule has 0 amide bonds. The van der Waals surface area contributed by atoms with Crippen molar-refractivity contribution < 1.29 is 0 Å².